The average molecular weight is 276 g/mol. The predicted molar refractivity (Wildman–Crippen MR) is 83.9 cm³/mol. The summed E-state index contributed by atoms with van der Waals surface area (Å²) in [6.07, 6.45) is 2.74. The molecule has 1 aromatic rings. The van der Waals surface area contributed by atoms with Crippen molar-refractivity contribution in [3.8, 4) is 0 Å². The van der Waals surface area contributed by atoms with Gasteiger partial charge in [0, 0.05) is 25.7 Å². The molecule has 0 bridgehead atoms. The van der Waals surface area contributed by atoms with Crippen LogP contribution < -0.4 is 5.73 Å². The van der Waals surface area contributed by atoms with Gasteiger partial charge in [-0.25, -0.2) is 0 Å². The van der Waals surface area contributed by atoms with Gasteiger partial charge < -0.3 is 10.5 Å². The quantitative estimate of drug-likeness (QED) is 0.868. The summed E-state index contributed by atoms with van der Waals surface area (Å²) in [5.74, 6) is 0.574. The molecule has 1 aliphatic rings. The number of benzene rings is 1. The Balaban J connectivity index is 2.02. The number of hydrogen-bond donors (Lipinski definition) is 1. The van der Waals surface area contributed by atoms with E-state index in [1.807, 2.05) is 0 Å². The molecular weight excluding hydrogens is 248 g/mol. The standard InChI is InChI=1S/C17H28N2O/c1-13(2)14-6-8-15(9-7-14)17(11-18)19(3)12-16-5-4-10-20-16/h6-9,13,16-17H,4-5,10-12,18H2,1-3H3. The monoisotopic (exact) mass is 276 g/mol. The number of nitrogens with zero attached hydrogens (tertiary/aromatic N) is 1. The Bertz CT molecular complexity index is 396. The number of nitrogens with two attached hydrogens (primary N) is 1. The Morgan fingerprint density at radius 1 is 1.25 bits per heavy atom. The normalized spacial score (nSPS) is 20.8. The van der Waals surface area contributed by atoms with Gasteiger partial charge in [-0.15, -0.1) is 0 Å². The van der Waals surface area contributed by atoms with Crippen LogP contribution >= 0.6 is 0 Å². The van der Waals surface area contributed by atoms with Gasteiger partial charge in [0.05, 0.1) is 6.10 Å². The van der Waals surface area contributed by atoms with Gasteiger partial charge in [-0.3, -0.25) is 4.90 Å². The molecule has 2 unspecified atom stereocenters. The summed E-state index contributed by atoms with van der Waals surface area (Å²) in [5, 5.41) is 0. The van der Waals surface area contributed by atoms with Crippen LogP contribution in [0.15, 0.2) is 24.3 Å². The van der Waals surface area contributed by atoms with Crippen molar-refractivity contribution in [1.29, 1.82) is 0 Å². The highest BCUT2D eigenvalue weighted by Gasteiger charge is 2.22. The third kappa shape index (κ3) is 3.81. The first-order valence-electron chi connectivity index (χ1n) is 7.73. The maximum absolute atomic E-state index is 6.00. The summed E-state index contributed by atoms with van der Waals surface area (Å²) >= 11 is 0. The molecule has 112 valence electrons. The van der Waals surface area contributed by atoms with Gasteiger partial charge in [-0.2, -0.15) is 0 Å². The van der Waals surface area contributed by atoms with E-state index in [0.29, 0.717) is 18.6 Å². The van der Waals surface area contributed by atoms with Gasteiger partial charge in [0.1, 0.15) is 0 Å². The number of hydrogen-bond acceptors (Lipinski definition) is 3. The molecule has 0 aliphatic carbocycles. The predicted octanol–water partition coefficient (Wildman–Crippen LogP) is 2.92. The van der Waals surface area contributed by atoms with Gasteiger partial charge >= 0.3 is 0 Å². The van der Waals surface area contributed by atoms with Crippen molar-refractivity contribution in [2.24, 2.45) is 5.73 Å². The van der Waals surface area contributed by atoms with Crippen LogP contribution in [0.4, 0.5) is 0 Å². The first kappa shape index (κ1) is 15.5. The number of ether oxygens (including phenoxy) is 1. The van der Waals surface area contributed by atoms with Crippen molar-refractivity contribution in [2.45, 2.75) is 44.8 Å². The van der Waals surface area contributed by atoms with Gasteiger partial charge in [0.2, 0.25) is 0 Å². The lowest BCUT2D eigenvalue weighted by atomic mass is 9.98. The number of rotatable bonds is 6. The first-order chi connectivity index (χ1) is 9.61. The second kappa shape index (κ2) is 7.21. The van der Waals surface area contributed by atoms with Gasteiger partial charge in [0.15, 0.2) is 0 Å². The van der Waals surface area contributed by atoms with E-state index >= 15 is 0 Å². The minimum Gasteiger partial charge on any atom is -0.377 e. The lowest BCUT2D eigenvalue weighted by Crippen LogP contribution is -2.36. The Hall–Kier alpha value is -0.900. The fraction of sp³-hybridized carbons (Fsp3) is 0.647. The van der Waals surface area contributed by atoms with Crippen molar-refractivity contribution in [1.82, 2.24) is 4.90 Å². The summed E-state index contributed by atoms with van der Waals surface area (Å²) in [6, 6.07) is 9.17. The molecule has 0 radical (unpaired) electrons. The zero-order valence-corrected chi connectivity index (χ0v) is 13.0. The summed E-state index contributed by atoms with van der Waals surface area (Å²) in [5.41, 5.74) is 8.68. The fourth-order valence-corrected chi connectivity index (χ4v) is 2.91. The van der Waals surface area contributed by atoms with Gasteiger partial charge in [-0.1, -0.05) is 38.1 Å². The molecule has 0 spiro atoms. The van der Waals surface area contributed by atoms with Crippen LogP contribution in [0.2, 0.25) is 0 Å². The molecule has 0 amide bonds. The molecule has 3 heteroatoms. The largest absolute Gasteiger partial charge is 0.377 e. The summed E-state index contributed by atoms with van der Waals surface area (Å²) in [7, 11) is 2.15. The molecule has 1 fully saturated rings. The molecule has 2 rings (SSSR count). The third-order valence-electron chi connectivity index (χ3n) is 4.26. The van der Waals surface area contributed by atoms with E-state index in [0.717, 1.165) is 13.2 Å². The second-order valence-corrected chi connectivity index (χ2v) is 6.15. The van der Waals surface area contributed by atoms with E-state index in [-0.39, 0.29) is 6.04 Å². The van der Waals surface area contributed by atoms with E-state index in [2.05, 4.69) is 50.1 Å². The molecule has 2 N–H and O–H groups in total. The van der Waals surface area contributed by atoms with Gasteiger partial charge in [0.25, 0.3) is 0 Å². The van der Waals surface area contributed by atoms with Crippen molar-refractivity contribution >= 4 is 0 Å². The van der Waals surface area contributed by atoms with E-state index in [1.54, 1.807) is 0 Å². The molecule has 3 nitrogen and oxygen atoms in total. The SMILES string of the molecule is CC(C)c1ccc(C(CN)N(C)CC2CCCO2)cc1. The van der Waals surface area contributed by atoms with E-state index in [1.165, 1.54) is 24.0 Å². The second-order valence-electron chi connectivity index (χ2n) is 6.15. The van der Waals surface area contributed by atoms with Gasteiger partial charge in [-0.05, 0) is 36.9 Å². The third-order valence-corrected chi connectivity index (χ3v) is 4.26. The lowest BCUT2D eigenvalue weighted by molar-refractivity contribution is 0.0689. The molecule has 2 atom stereocenters. The Morgan fingerprint density at radius 3 is 2.40 bits per heavy atom. The highest BCUT2D eigenvalue weighted by atomic mass is 16.5. The van der Waals surface area contributed by atoms with Crippen LogP contribution in [0.3, 0.4) is 0 Å². The first-order valence-corrected chi connectivity index (χ1v) is 7.73. The lowest BCUT2D eigenvalue weighted by Gasteiger charge is -2.29. The summed E-state index contributed by atoms with van der Waals surface area (Å²) in [6.45, 7) is 6.96. The Morgan fingerprint density at radius 2 is 1.90 bits per heavy atom. The molecule has 1 heterocycles. The highest BCUT2D eigenvalue weighted by molar-refractivity contribution is 5.27. The minimum atomic E-state index is 0.278. The zero-order valence-electron chi connectivity index (χ0n) is 13.0. The maximum atomic E-state index is 6.00. The van der Waals surface area contributed by atoms with E-state index < -0.39 is 0 Å². The molecule has 0 aromatic heterocycles. The zero-order chi connectivity index (χ0) is 14.5. The molecule has 0 saturated carbocycles. The van der Waals surface area contributed by atoms with Crippen molar-refractivity contribution in [3.05, 3.63) is 35.4 Å². The van der Waals surface area contributed by atoms with Crippen LogP contribution in [-0.4, -0.2) is 37.7 Å². The topological polar surface area (TPSA) is 38.5 Å². The average Bonchev–Trinajstić information content (AvgIpc) is 2.93. The van der Waals surface area contributed by atoms with Crippen LogP contribution in [0.1, 0.15) is 49.8 Å². The van der Waals surface area contributed by atoms with Crippen LogP contribution in [-0.2, 0) is 4.74 Å². The van der Waals surface area contributed by atoms with Crippen LogP contribution in [0.25, 0.3) is 0 Å². The molecule has 1 aliphatic heterocycles. The van der Waals surface area contributed by atoms with Crippen LogP contribution in [0, 0.1) is 0 Å². The van der Waals surface area contributed by atoms with Crippen LogP contribution in [0.5, 0.6) is 0 Å². The van der Waals surface area contributed by atoms with Crippen molar-refractivity contribution < 1.29 is 4.74 Å². The van der Waals surface area contributed by atoms with E-state index in [9.17, 15) is 0 Å². The molecule has 1 aromatic carbocycles. The fourth-order valence-electron chi connectivity index (χ4n) is 2.91. The summed E-state index contributed by atoms with van der Waals surface area (Å²) < 4.78 is 5.72. The summed E-state index contributed by atoms with van der Waals surface area (Å²) in [4.78, 5) is 2.33. The molecule has 1 saturated heterocycles. The van der Waals surface area contributed by atoms with Crippen molar-refractivity contribution in [3.63, 3.8) is 0 Å². The molecular formula is C17H28N2O. The minimum absolute atomic E-state index is 0.278. The van der Waals surface area contributed by atoms with Crippen molar-refractivity contribution in [2.75, 3.05) is 26.7 Å². The molecule has 20 heavy (non-hydrogen) atoms. The highest BCUT2D eigenvalue weighted by Crippen LogP contribution is 2.23. The number of likely N-dealkylation sites (N-methyl/N-ethyl adjacent to an activating group) is 1. The maximum Gasteiger partial charge on any atom is 0.0702 e. The Labute approximate surface area is 123 Å². The van der Waals surface area contributed by atoms with E-state index in [4.69, 9.17) is 10.5 Å². The smallest absolute Gasteiger partial charge is 0.0702 e. The Kier molecular flexibility index (Phi) is 5.58.